The van der Waals surface area contributed by atoms with Crippen LogP contribution in [-0.4, -0.2) is 70.0 Å². The summed E-state index contributed by atoms with van der Waals surface area (Å²) in [5, 5.41) is 35.3. The quantitative estimate of drug-likeness (QED) is 0.244. The Morgan fingerprint density at radius 3 is 2.62 bits per heavy atom. The van der Waals surface area contributed by atoms with E-state index in [1.54, 1.807) is 6.20 Å². The van der Waals surface area contributed by atoms with E-state index in [0.29, 0.717) is 28.4 Å². The number of nitrogens with one attached hydrogen (secondary N) is 1. The predicted molar refractivity (Wildman–Crippen MR) is 123 cm³/mol. The number of fused-ring (bicyclic) bond motifs is 1. The van der Waals surface area contributed by atoms with Gasteiger partial charge in [0.2, 0.25) is 0 Å². The Morgan fingerprint density at radius 2 is 1.91 bits per heavy atom. The SMILES string of the molecule is C[C@]1(O)C(O)[C@H](n2cnc3c(N/N=C(\c4ccccc4)c4ccccn4)ncnc32)O[C@@H]1CO. The van der Waals surface area contributed by atoms with Crippen molar-refractivity contribution in [2.24, 2.45) is 5.10 Å². The molecule has 174 valence electrons. The van der Waals surface area contributed by atoms with Crippen molar-refractivity contribution < 1.29 is 20.1 Å². The zero-order chi connectivity index (χ0) is 23.7. The highest BCUT2D eigenvalue weighted by atomic mass is 16.6. The van der Waals surface area contributed by atoms with Crippen LogP contribution in [0.5, 0.6) is 0 Å². The van der Waals surface area contributed by atoms with Crippen LogP contribution in [0.3, 0.4) is 0 Å². The summed E-state index contributed by atoms with van der Waals surface area (Å²) in [6.07, 6.45) is 1.22. The van der Waals surface area contributed by atoms with E-state index in [0.717, 1.165) is 5.56 Å². The second-order valence-corrected chi connectivity index (χ2v) is 8.07. The molecule has 11 nitrogen and oxygen atoms in total. The van der Waals surface area contributed by atoms with Gasteiger partial charge in [-0.05, 0) is 19.1 Å². The maximum absolute atomic E-state index is 10.6. The summed E-state index contributed by atoms with van der Waals surface area (Å²) in [5.74, 6) is 0.339. The van der Waals surface area contributed by atoms with E-state index in [1.165, 1.54) is 24.1 Å². The summed E-state index contributed by atoms with van der Waals surface area (Å²) in [7, 11) is 0. The number of aliphatic hydroxyl groups excluding tert-OH is 2. The highest BCUT2D eigenvalue weighted by molar-refractivity contribution is 6.12. The first kappa shape index (κ1) is 22.0. The number of benzene rings is 1. The van der Waals surface area contributed by atoms with Crippen LogP contribution in [0.1, 0.15) is 24.4 Å². The molecule has 1 aliphatic rings. The van der Waals surface area contributed by atoms with Gasteiger partial charge in [0, 0.05) is 11.8 Å². The summed E-state index contributed by atoms with van der Waals surface area (Å²) >= 11 is 0. The highest BCUT2D eigenvalue weighted by Gasteiger charge is 2.52. The zero-order valence-electron chi connectivity index (χ0n) is 18.2. The number of nitrogens with zero attached hydrogens (tertiary/aromatic N) is 6. The average molecular weight is 461 g/mol. The Kier molecular flexibility index (Phi) is 5.75. The Morgan fingerprint density at radius 1 is 1.12 bits per heavy atom. The standard InChI is InChI=1S/C23H23N7O4/c1-23(33)16(11-31)34-22(19(23)32)30-13-27-18-20(25-12-26-21(18)30)29-28-17(14-7-3-2-4-8-14)15-9-5-6-10-24-15/h2-10,12-13,16,19,22,31-33H,11H2,1H3,(H,25,26,29)/b28-17+/t16-,19?,22-,23-/m1/s1. The molecular formula is C23H23N7O4. The van der Waals surface area contributed by atoms with Gasteiger partial charge in [-0.1, -0.05) is 36.4 Å². The maximum atomic E-state index is 10.6. The van der Waals surface area contributed by atoms with Gasteiger partial charge in [0.05, 0.1) is 18.6 Å². The maximum Gasteiger partial charge on any atom is 0.177 e. The molecule has 4 heterocycles. The minimum Gasteiger partial charge on any atom is -0.394 e. The fourth-order valence-corrected chi connectivity index (χ4v) is 3.90. The van der Waals surface area contributed by atoms with Gasteiger partial charge in [0.15, 0.2) is 23.2 Å². The molecule has 4 atom stereocenters. The van der Waals surface area contributed by atoms with Crippen molar-refractivity contribution in [3.63, 3.8) is 0 Å². The van der Waals surface area contributed by atoms with E-state index >= 15 is 0 Å². The van der Waals surface area contributed by atoms with Gasteiger partial charge in [-0.3, -0.25) is 15.0 Å². The van der Waals surface area contributed by atoms with Gasteiger partial charge in [0.1, 0.15) is 29.8 Å². The highest BCUT2D eigenvalue weighted by Crippen LogP contribution is 2.38. The molecule has 3 aromatic heterocycles. The molecule has 0 amide bonds. The third-order valence-electron chi connectivity index (χ3n) is 5.85. The van der Waals surface area contributed by atoms with E-state index in [-0.39, 0.29) is 0 Å². The van der Waals surface area contributed by atoms with Gasteiger partial charge in [-0.2, -0.15) is 5.10 Å². The number of hydrogen-bond donors (Lipinski definition) is 4. The molecule has 1 aliphatic heterocycles. The predicted octanol–water partition coefficient (Wildman–Crippen LogP) is 1.09. The normalized spacial score (nSPS) is 25.1. The molecule has 1 fully saturated rings. The van der Waals surface area contributed by atoms with Crippen molar-refractivity contribution in [2.45, 2.75) is 31.0 Å². The summed E-state index contributed by atoms with van der Waals surface area (Å²) in [4.78, 5) is 17.3. The Labute approximate surface area is 194 Å². The van der Waals surface area contributed by atoms with Crippen molar-refractivity contribution in [3.05, 3.63) is 78.6 Å². The molecule has 0 bridgehead atoms. The van der Waals surface area contributed by atoms with Gasteiger partial charge < -0.3 is 20.1 Å². The minimum atomic E-state index is -1.64. The van der Waals surface area contributed by atoms with Crippen LogP contribution in [0.25, 0.3) is 11.2 Å². The zero-order valence-corrected chi connectivity index (χ0v) is 18.2. The Balaban J connectivity index is 1.51. The van der Waals surface area contributed by atoms with E-state index in [4.69, 9.17) is 4.74 Å². The molecule has 1 aromatic carbocycles. The number of pyridine rings is 1. The molecule has 34 heavy (non-hydrogen) atoms. The molecule has 5 rings (SSSR count). The molecule has 0 radical (unpaired) electrons. The first-order chi connectivity index (χ1) is 16.5. The lowest BCUT2D eigenvalue weighted by Crippen LogP contribution is -2.46. The minimum absolute atomic E-state index is 0.339. The second-order valence-electron chi connectivity index (χ2n) is 8.07. The van der Waals surface area contributed by atoms with Crippen molar-refractivity contribution in [3.8, 4) is 0 Å². The van der Waals surface area contributed by atoms with Crippen LogP contribution < -0.4 is 5.43 Å². The Hall–Kier alpha value is -3.77. The number of hydrogen-bond acceptors (Lipinski definition) is 10. The summed E-state index contributed by atoms with van der Waals surface area (Å²) < 4.78 is 7.20. The molecule has 0 spiro atoms. The first-order valence-electron chi connectivity index (χ1n) is 10.7. The average Bonchev–Trinajstić information content (AvgIpc) is 3.39. The number of anilines is 1. The van der Waals surface area contributed by atoms with E-state index in [2.05, 4.69) is 30.5 Å². The number of imidazole rings is 1. The molecular weight excluding hydrogens is 438 g/mol. The fraction of sp³-hybridized carbons (Fsp3) is 0.261. The molecule has 0 saturated carbocycles. The molecule has 0 aliphatic carbocycles. The van der Waals surface area contributed by atoms with Crippen molar-refractivity contribution in [1.29, 1.82) is 0 Å². The number of aromatic nitrogens is 5. The lowest BCUT2D eigenvalue weighted by molar-refractivity contribution is -0.0804. The molecule has 11 heteroatoms. The molecule has 4 N–H and O–H groups in total. The number of ether oxygens (including phenoxy) is 1. The van der Waals surface area contributed by atoms with Crippen LogP contribution in [-0.2, 0) is 4.74 Å². The van der Waals surface area contributed by atoms with Gasteiger partial charge >= 0.3 is 0 Å². The van der Waals surface area contributed by atoms with Crippen molar-refractivity contribution >= 4 is 22.7 Å². The number of rotatable bonds is 6. The fourth-order valence-electron chi connectivity index (χ4n) is 3.90. The molecule has 4 aromatic rings. The van der Waals surface area contributed by atoms with Crippen LogP contribution in [0.15, 0.2) is 72.5 Å². The van der Waals surface area contributed by atoms with Gasteiger partial charge in [-0.15, -0.1) is 0 Å². The lowest BCUT2D eigenvalue weighted by atomic mass is 9.95. The van der Waals surface area contributed by atoms with E-state index < -0.39 is 30.6 Å². The van der Waals surface area contributed by atoms with Crippen LogP contribution >= 0.6 is 0 Å². The number of hydrazone groups is 1. The van der Waals surface area contributed by atoms with Gasteiger partial charge in [0.25, 0.3) is 0 Å². The smallest absolute Gasteiger partial charge is 0.177 e. The summed E-state index contributed by atoms with van der Waals surface area (Å²) in [6.45, 7) is 0.969. The van der Waals surface area contributed by atoms with Crippen molar-refractivity contribution in [1.82, 2.24) is 24.5 Å². The summed E-state index contributed by atoms with van der Waals surface area (Å²) in [6, 6.07) is 15.2. The van der Waals surface area contributed by atoms with Gasteiger partial charge in [-0.25, -0.2) is 15.0 Å². The summed E-state index contributed by atoms with van der Waals surface area (Å²) in [5.41, 5.74) is 4.24. The molecule has 1 unspecified atom stereocenters. The second kappa shape index (κ2) is 8.88. The van der Waals surface area contributed by atoms with E-state index in [1.807, 2.05) is 48.5 Å². The Bertz CT molecular complexity index is 1270. The van der Waals surface area contributed by atoms with Crippen LogP contribution in [0.2, 0.25) is 0 Å². The monoisotopic (exact) mass is 461 g/mol. The number of aliphatic hydroxyl groups is 3. The largest absolute Gasteiger partial charge is 0.394 e. The topological polar surface area (TPSA) is 151 Å². The van der Waals surface area contributed by atoms with E-state index in [9.17, 15) is 15.3 Å². The van der Waals surface area contributed by atoms with Crippen LogP contribution in [0, 0.1) is 0 Å². The lowest BCUT2D eigenvalue weighted by Gasteiger charge is -2.25. The molecule has 1 saturated heterocycles. The third-order valence-corrected chi connectivity index (χ3v) is 5.85. The third kappa shape index (κ3) is 3.80. The van der Waals surface area contributed by atoms with Crippen LogP contribution in [0.4, 0.5) is 5.82 Å². The van der Waals surface area contributed by atoms with Crippen molar-refractivity contribution in [2.75, 3.05) is 12.0 Å². The first-order valence-corrected chi connectivity index (χ1v) is 10.7.